The molecule has 27 heavy (non-hydrogen) atoms. The third-order valence-electron chi connectivity index (χ3n) is 3.35. The van der Waals surface area contributed by atoms with Crippen molar-refractivity contribution in [3.8, 4) is 0 Å². The molecule has 0 spiro atoms. The first-order valence-corrected chi connectivity index (χ1v) is 8.86. The molecule has 0 saturated carbocycles. The van der Waals surface area contributed by atoms with Gasteiger partial charge >= 0.3 is 11.9 Å². The molecule has 0 aliphatic carbocycles. The molecular weight excluding hydrogens is 393 g/mol. The number of rotatable bonds is 7. The van der Waals surface area contributed by atoms with Gasteiger partial charge in [0.15, 0.2) is 6.61 Å². The van der Waals surface area contributed by atoms with Crippen molar-refractivity contribution in [3.05, 3.63) is 63.6 Å². The predicted octanol–water partition coefficient (Wildman–Crippen LogP) is 4.36. The number of hydrogen-bond donors (Lipinski definition) is 1. The molecule has 2 rings (SSSR count). The van der Waals surface area contributed by atoms with Crippen molar-refractivity contribution < 1.29 is 23.9 Å². The second kappa shape index (κ2) is 9.94. The normalized spacial score (nSPS) is 10.2. The summed E-state index contributed by atoms with van der Waals surface area (Å²) in [6, 6.07) is 10.7. The minimum atomic E-state index is -0.758. The van der Waals surface area contributed by atoms with Crippen LogP contribution in [-0.2, 0) is 14.3 Å². The molecule has 0 unspecified atom stereocenters. The summed E-state index contributed by atoms with van der Waals surface area (Å²) in [4.78, 5) is 35.6. The Bertz CT molecular complexity index is 836. The fraction of sp³-hybridized carbons (Fsp3) is 0.211. The van der Waals surface area contributed by atoms with Gasteiger partial charge in [0, 0.05) is 5.69 Å². The van der Waals surface area contributed by atoms with Gasteiger partial charge in [-0.15, -0.1) is 0 Å². The van der Waals surface area contributed by atoms with E-state index in [0.717, 1.165) is 6.42 Å². The minimum absolute atomic E-state index is 0.0649. The van der Waals surface area contributed by atoms with Crippen molar-refractivity contribution in [2.24, 2.45) is 0 Å². The van der Waals surface area contributed by atoms with Crippen LogP contribution in [-0.4, -0.2) is 31.1 Å². The van der Waals surface area contributed by atoms with Crippen molar-refractivity contribution >= 4 is 46.7 Å². The predicted molar refractivity (Wildman–Crippen MR) is 102 cm³/mol. The van der Waals surface area contributed by atoms with Gasteiger partial charge < -0.3 is 14.8 Å². The number of nitrogens with one attached hydrogen (secondary N) is 1. The molecule has 0 fully saturated rings. The number of carbonyl (C=O) groups excluding carboxylic acids is 3. The first kappa shape index (κ1) is 20.7. The highest BCUT2D eigenvalue weighted by atomic mass is 35.5. The summed E-state index contributed by atoms with van der Waals surface area (Å²) in [5.41, 5.74) is 0.902. The standard InChI is InChI=1S/C19H17Cl2NO5/c1-2-10-26-18(24)12-6-8-13(9-7-12)22-16(23)11-27-19(25)14-4-3-5-15(20)17(14)21/h3-9H,2,10-11H2,1H3,(H,22,23). The Morgan fingerprint density at radius 2 is 1.67 bits per heavy atom. The lowest BCUT2D eigenvalue weighted by Gasteiger charge is -2.09. The molecule has 142 valence electrons. The number of carbonyl (C=O) groups is 3. The lowest BCUT2D eigenvalue weighted by molar-refractivity contribution is -0.119. The summed E-state index contributed by atoms with van der Waals surface area (Å²) in [6.07, 6.45) is 0.735. The first-order valence-electron chi connectivity index (χ1n) is 8.10. The topological polar surface area (TPSA) is 81.7 Å². The molecule has 0 aliphatic heterocycles. The third-order valence-corrected chi connectivity index (χ3v) is 4.17. The Labute approximate surface area is 166 Å². The molecule has 0 radical (unpaired) electrons. The van der Waals surface area contributed by atoms with Crippen LogP contribution in [0.4, 0.5) is 5.69 Å². The van der Waals surface area contributed by atoms with Crippen LogP contribution in [0, 0.1) is 0 Å². The van der Waals surface area contributed by atoms with Crippen molar-refractivity contribution in [3.63, 3.8) is 0 Å². The van der Waals surface area contributed by atoms with Crippen LogP contribution >= 0.6 is 23.2 Å². The van der Waals surface area contributed by atoms with E-state index in [1.807, 2.05) is 6.92 Å². The van der Waals surface area contributed by atoms with Crippen LogP contribution in [0.15, 0.2) is 42.5 Å². The number of esters is 2. The van der Waals surface area contributed by atoms with Gasteiger partial charge in [0.1, 0.15) is 0 Å². The van der Waals surface area contributed by atoms with E-state index in [4.69, 9.17) is 32.7 Å². The highest BCUT2D eigenvalue weighted by Gasteiger charge is 2.15. The second-order valence-corrected chi connectivity index (χ2v) is 6.22. The van der Waals surface area contributed by atoms with Gasteiger partial charge in [-0.2, -0.15) is 0 Å². The maximum absolute atomic E-state index is 12.0. The first-order chi connectivity index (χ1) is 12.9. The molecule has 0 aliphatic rings. The summed E-state index contributed by atoms with van der Waals surface area (Å²) >= 11 is 11.8. The largest absolute Gasteiger partial charge is 0.462 e. The number of halogens is 2. The number of amides is 1. The molecule has 0 heterocycles. The highest BCUT2D eigenvalue weighted by molar-refractivity contribution is 6.43. The Morgan fingerprint density at radius 1 is 0.963 bits per heavy atom. The molecule has 2 aromatic carbocycles. The minimum Gasteiger partial charge on any atom is -0.462 e. The number of benzene rings is 2. The lowest BCUT2D eigenvalue weighted by Crippen LogP contribution is -2.21. The van der Waals surface area contributed by atoms with Crippen molar-refractivity contribution in [1.82, 2.24) is 0 Å². The zero-order valence-electron chi connectivity index (χ0n) is 14.5. The molecule has 2 aromatic rings. The van der Waals surface area contributed by atoms with E-state index in [1.165, 1.54) is 24.3 Å². The molecule has 6 nitrogen and oxygen atoms in total. The van der Waals surface area contributed by atoms with Crippen molar-refractivity contribution in [1.29, 1.82) is 0 Å². The maximum Gasteiger partial charge on any atom is 0.340 e. The highest BCUT2D eigenvalue weighted by Crippen LogP contribution is 2.26. The molecule has 0 bridgehead atoms. The Balaban J connectivity index is 1.87. The zero-order chi connectivity index (χ0) is 19.8. The van der Waals surface area contributed by atoms with E-state index in [1.54, 1.807) is 18.2 Å². The van der Waals surface area contributed by atoms with E-state index in [-0.39, 0.29) is 15.6 Å². The number of anilines is 1. The molecule has 1 N–H and O–H groups in total. The Kier molecular flexibility index (Phi) is 7.64. The van der Waals surface area contributed by atoms with Crippen molar-refractivity contribution in [2.75, 3.05) is 18.5 Å². The monoisotopic (exact) mass is 409 g/mol. The summed E-state index contributed by atoms with van der Waals surface area (Å²) in [5, 5.41) is 2.84. The molecule has 1 amide bonds. The van der Waals surface area contributed by atoms with Crippen molar-refractivity contribution in [2.45, 2.75) is 13.3 Å². The Morgan fingerprint density at radius 3 is 2.33 bits per heavy atom. The third kappa shape index (κ3) is 5.98. The quantitative estimate of drug-likeness (QED) is 0.687. The molecular formula is C19H17Cl2NO5. The van der Waals surface area contributed by atoms with Crippen LogP contribution in [0.5, 0.6) is 0 Å². The summed E-state index contributed by atoms with van der Waals surface area (Å²) in [6.45, 7) is 1.75. The zero-order valence-corrected chi connectivity index (χ0v) is 16.0. The van der Waals surface area contributed by atoms with Crippen LogP contribution in [0.2, 0.25) is 10.0 Å². The van der Waals surface area contributed by atoms with E-state index >= 15 is 0 Å². The van der Waals surface area contributed by atoms with Gasteiger partial charge in [0.2, 0.25) is 0 Å². The van der Waals surface area contributed by atoms with E-state index < -0.39 is 24.5 Å². The average molecular weight is 410 g/mol. The summed E-state index contributed by atoms with van der Waals surface area (Å²) in [5.74, 6) is -1.73. The maximum atomic E-state index is 12.0. The van der Waals surface area contributed by atoms with Crippen LogP contribution in [0.3, 0.4) is 0 Å². The summed E-state index contributed by atoms with van der Waals surface area (Å²) in [7, 11) is 0. The Hall–Kier alpha value is -2.57. The van der Waals surface area contributed by atoms with Gasteiger partial charge in [0.05, 0.1) is 27.8 Å². The molecule has 8 heteroatoms. The smallest absolute Gasteiger partial charge is 0.340 e. The van der Waals surface area contributed by atoms with E-state index in [0.29, 0.717) is 17.9 Å². The SMILES string of the molecule is CCCOC(=O)c1ccc(NC(=O)COC(=O)c2cccc(Cl)c2Cl)cc1. The molecule has 0 saturated heterocycles. The van der Waals surface area contributed by atoms with Gasteiger partial charge in [-0.25, -0.2) is 9.59 Å². The number of ether oxygens (including phenoxy) is 2. The van der Waals surface area contributed by atoms with Crippen LogP contribution in [0.1, 0.15) is 34.1 Å². The van der Waals surface area contributed by atoms with E-state index in [2.05, 4.69) is 5.32 Å². The van der Waals surface area contributed by atoms with Crippen LogP contribution < -0.4 is 5.32 Å². The van der Waals surface area contributed by atoms with Gasteiger partial charge in [0.25, 0.3) is 5.91 Å². The van der Waals surface area contributed by atoms with Crippen LogP contribution in [0.25, 0.3) is 0 Å². The number of hydrogen-bond acceptors (Lipinski definition) is 5. The van der Waals surface area contributed by atoms with Gasteiger partial charge in [-0.05, 0) is 42.8 Å². The fourth-order valence-corrected chi connectivity index (χ4v) is 2.41. The molecule has 0 aromatic heterocycles. The second-order valence-electron chi connectivity index (χ2n) is 5.44. The molecule has 0 atom stereocenters. The average Bonchev–Trinajstić information content (AvgIpc) is 2.67. The lowest BCUT2D eigenvalue weighted by atomic mass is 10.2. The van der Waals surface area contributed by atoms with E-state index in [9.17, 15) is 14.4 Å². The van der Waals surface area contributed by atoms with Gasteiger partial charge in [-0.3, -0.25) is 4.79 Å². The summed E-state index contributed by atoms with van der Waals surface area (Å²) < 4.78 is 9.96. The van der Waals surface area contributed by atoms with Gasteiger partial charge in [-0.1, -0.05) is 36.2 Å². The fourth-order valence-electron chi connectivity index (χ4n) is 2.04.